The predicted octanol–water partition coefficient (Wildman–Crippen LogP) is 6.76. The maximum absolute atomic E-state index is 13.8. The number of carboxylic acids is 1. The molecule has 4 rings (SSSR count). The van der Waals surface area contributed by atoms with E-state index in [1.165, 1.54) is 12.1 Å². The van der Waals surface area contributed by atoms with Crippen LogP contribution in [0.4, 0.5) is 4.39 Å². The van der Waals surface area contributed by atoms with Crippen molar-refractivity contribution >= 4 is 13.3 Å². The maximum Gasteiger partial charge on any atom is 0.305 e. The number of hydrogen-bond acceptors (Lipinski definition) is 4. The Hall–Kier alpha value is -4.08. The van der Waals surface area contributed by atoms with Crippen LogP contribution in [0.25, 0.3) is 33.5 Å². The molecule has 3 aromatic carbocycles. The normalized spacial score (nSPS) is 13.2. The van der Waals surface area contributed by atoms with Crippen LogP contribution in [0.1, 0.15) is 37.4 Å². The number of nitrogens with zero attached hydrogens (tertiary/aromatic N) is 1. The van der Waals surface area contributed by atoms with E-state index in [0.29, 0.717) is 28.1 Å². The van der Waals surface area contributed by atoms with Gasteiger partial charge in [0.1, 0.15) is 5.82 Å². The predicted molar refractivity (Wildman–Crippen MR) is 154 cm³/mol. The Morgan fingerprint density at radius 2 is 1.57 bits per heavy atom. The van der Waals surface area contributed by atoms with Gasteiger partial charge in [0.25, 0.3) is 7.37 Å². The number of halogens is 1. The van der Waals surface area contributed by atoms with Gasteiger partial charge in [-0.3, -0.25) is 14.3 Å². The van der Waals surface area contributed by atoms with E-state index in [1.54, 1.807) is 12.1 Å². The molecule has 0 aliphatic heterocycles. The van der Waals surface area contributed by atoms with Crippen LogP contribution in [0.2, 0.25) is 0 Å². The molecular formula is C32H29FNO5P. The summed E-state index contributed by atoms with van der Waals surface area (Å²) >= 11 is 0. The van der Waals surface area contributed by atoms with Crippen LogP contribution >= 0.6 is 7.37 Å². The number of carbonyl (C=O) groups is 1. The molecule has 1 aromatic heterocycles. The van der Waals surface area contributed by atoms with Gasteiger partial charge in [-0.05, 0) is 52.5 Å². The summed E-state index contributed by atoms with van der Waals surface area (Å²) < 4.78 is 26.6. The molecule has 0 aliphatic carbocycles. The van der Waals surface area contributed by atoms with Crippen LogP contribution in [0.5, 0.6) is 0 Å². The van der Waals surface area contributed by atoms with E-state index in [4.69, 9.17) is 10.1 Å². The van der Waals surface area contributed by atoms with E-state index < -0.39 is 37.8 Å². The number of aliphatic carboxylic acids is 1. The van der Waals surface area contributed by atoms with Crippen molar-refractivity contribution in [2.24, 2.45) is 0 Å². The summed E-state index contributed by atoms with van der Waals surface area (Å²) in [6, 6.07) is 25.6. The molecule has 4 aromatic rings. The zero-order valence-corrected chi connectivity index (χ0v) is 23.0. The van der Waals surface area contributed by atoms with Crippen molar-refractivity contribution in [1.29, 1.82) is 0 Å². The highest BCUT2D eigenvalue weighted by Gasteiger charge is 2.23. The van der Waals surface area contributed by atoms with E-state index in [0.717, 1.165) is 16.7 Å². The van der Waals surface area contributed by atoms with Gasteiger partial charge in [0.05, 0.1) is 35.6 Å². The number of pyridine rings is 1. The molecule has 1 heterocycles. The summed E-state index contributed by atoms with van der Waals surface area (Å²) in [4.78, 5) is 26.2. The first kappa shape index (κ1) is 28.9. The Labute approximate surface area is 232 Å². The molecular weight excluding hydrogens is 528 g/mol. The van der Waals surface area contributed by atoms with Gasteiger partial charge in [-0.2, -0.15) is 0 Å². The van der Waals surface area contributed by atoms with Crippen LogP contribution in [0, 0.1) is 17.4 Å². The molecule has 1 unspecified atom stereocenters. The van der Waals surface area contributed by atoms with Gasteiger partial charge in [0, 0.05) is 11.1 Å². The lowest BCUT2D eigenvalue weighted by molar-refractivity contribution is -0.138. The molecule has 0 saturated carbocycles. The van der Waals surface area contributed by atoms with Gasteiger partial charge in [0.15, 0.2) is 0 Å². The number of aromatic nitrogens is 1. The number of aliphatic hydroxyl groups excluding tert-OH is 1. The van der Waals surface area contributed by atoms with Gasteiger partial charge < -0.3 is 15.1 Å². The van der Waals surface area contributed by atoms with Crippen molar-refractivity contribution < 1.29 is 28.9 Å². The Morgan fingerprint density at radius 3 is 2.23 bits per heavy atom. The lowest BCUT2D eigenvalue weighted by atomic mass is 9.92. The molecule has 3 N–H and O–H groups in total. The van der Waals surface area contributed by atoms with Crippen LogP contribution in [-0.2, 0) is 9.36 Å². The standard InChI is InChI=1S/C32H29FNO5P/c1-21(2)32-28(15-16-40(38,39)20-27(35)18-31(36)37)29(23-11-13-26(33)14-12-23)19-30(34-32)25-10-6-9-24(17-25)22-7-4-3-5-8-22/h3-14,17,19,21,27,35H,18,20H2,1-2H3,(H,36,37)(H,38,39)/t27-/m0/s1. The van der Waals surface area contributed by atoms with Crippen molar-refractivity contribution in [2.75, 3.05) is 6.16 Å². The molecule has 8 heteroatoms. The number of benzene rings is 3. The first-order valence-corrected chi connectivity index (χ1v) is 14.6. The number of carboxylic acid groups (broad SMARTS) is 1. The first-order valence-electron chi connectivity index (χ1n) is 12.7. The molecule has 204 valence electrons. The summed E-state index contributed by atoms with van der Waals surface area (Å²) in [5.41, 5.74) is 8.22. The van der Waals surface area contributed by atoms with Crippen molar-refractivity contribution in [3.63, 3.8) is 0 Å². The highest BCUT2D eigenvalue weighted by atomic mass is 31.2. The van der Waals surface area contributed by atoms with Gasteiger partial charge in [-0.1, -0.05) is 80.4 Å². The van der Waals surface area contributed by atoms with Gasteiger partial charge in [0.2, 0.25) is 0 Å². The number of hydrogen-bond donors (Lipinski definition) is 3. The largest absolute Gasteiger partial charge is 0.481 e. The van der Waals surface area contributed by atoms with Crippen LogP contribution in [0.15, 0.2) is 84.9 Å². The molecule has 6 nitrogen and oxygen atoms in total. The number of rotatable bonds is 8. The summed E-state index contributed by atoms with van der Waals surface area (Å²) in [5, 5.41) is 18.8. The summed E-state index contributed by atoms with van der Waals surface area (Å²) in [7, 11) is -4.21. The van der Waals surface area contributed by atoms with Gasteiger partial charge in [-0.15, -0.1) is 0 Å². The molecule has 40 heavy (non-hydrogen) atoms. The lowest BCUT2D eigenvalue weighted by Crippen LogP contribution is -2.17. The second kappa shape index (κ2) is 12.4. The molecule has 0 saturated heterocycles. The number of aliphatic hydroxyl groups is 1. The Kier molecular flexibility index (Phi) is 8.96. The van der Waals surface area contributed by atoms with Crippen LogP contribution in [0.3, 0.4) is 0 Å². The van der Waals surface area contributed by atoms with E-state index in [2.05, 4.69) is 11.6 Å². The second-order valence-electron chi connectivity index (χ2n) is 9.80. The minimum absolute atomic E-state index is 0.128. The van der Waals surface area contributed by atoms with Crippen LogP contribution in [-0.4, -0.2) is 38.3 Å². The van der Waals surface area contributed by atoms with Gasteiger partial charge >= 0.3 is 5.97 Å². The highest BCUT2D eigenvalue weighted by Crippen LogP contribution is 2.41. The van der Waals surface area contributed by atoms with Crippen molar-refractivity contribution in [3.05, 3.63) is 102 Å². The fourth-order valence-corrected chi connectivity index (χ4v) is 5.43. The van der Waals surface area contributed by atoms with Crippen molar-refractivity contribution in [2.45, 2.75) is 32.3 Å². The Morgan fingerprint density at radius 1 is 0.925 bits per heavy atom. The first-order chi connectivity index (χ1) is 19.0. The monoisotopic (exact) mass is 557 g/mol. The maximum atomic E-state index is 13.8. The minimum Gasteiger partial charge on any atom is -0.481 e. The third-order valence-corrected chi connectivity index (χ3v) is 7.62. The third-order valence-electron chi connectivity index (χ3n) is 6.24. The molecule has 0 aliphatic rings. The van der Waals surface area contributed by atoms with E-state index in [1.807, 2.05) is 74.5 Å². The summed E-state index contributed by atoms with van der Waals surface area (Å²) in [6.07, 6.45) is -2.85. The Balaban J connectivity index is 1.87. The zero-order chi connectivity index (χ0) is 28.9. The second-order valence-corrected chi connectivity index (χ2v) is 11.8. The van der Waals surface area contributed by atoms with Crippen molar-refractivity contribution in [3.8, 4) is 45.1 Å². The SMILES string of the molecule is CC(C)c1nc(-c2cccc(-c3ccccc3)c2)cc(-c2ccc(F)cc2)c1C#CP(=O)(O)C[C@@H](O)CC(=O)O. The van der Waals surface area contributed by atoms with E-state index in [-0.39, 0.29) is 5.92 Å². The minimum atomic E-state index is -4.21. The quantitative estimate of drug-likeness (QED) is 0.163. The lowest BCUT2D eigenvalue weighted by Gasteiger charge is -2.17. The van der Waals surface area contributed by atoms with E-state index >= 15 is 0 Å². The van der Waals surface area contributed by atoms with E-state index in [9.17, 15) is 23.7 Å². The van der Waals surface area contributed by atoms with Gasteiger partial charge in [-0.25, -0.2) is 4.39 Å². The van der Waals surface area contributed by atoms with Crippen LogP contribution < -0.4 is 0 Å². The fraction of sp³-hybridized carbons (Fsp3) is 0.188. The van der Waals surface area contributed by atoms with Crippen molar-refractivity contribution in [1.82, 2.24) is 4.98 Å². The molecule has 0 radical (unpaired) electrons. The molecule has 0 amide bonds. The fourth-order valence-electron chi connectivity index (χ4n) is 4.35. The molecule has 2 atom stereocenters. The third kappa shape index (κ3) is 7.31. The molecule has 0 bridgehead atoms. The summed E-state index contributed by atoms with van der Waals surface area (Å²) in [6.45, 7) is 3.86. The molecule has 0 fully saturated rings. The topological polar surface area (TPSA) is 108 Å². The smallest absolute Gasteiger partial charge is 0.305 e. The Bertz CT molecular complexity index is 1630. The average molecular weight is 558 g/mol. The highest BCUT2D eigenvalue weighted by molar-refractivity contribution is 7.63. The summed E-state index contributed by atoms with van der Waals surface area (Å²) in [5.74, 6) is 1.000. The molecule has 0 spiro atoms. The average Bonchev–Trinajstić information content (AvgIpc) is 2.91. The zero-order valence-electron chi connectivity index (χ0n) is 22.1.